The third-order valence-corrected chi connectivity index (χ3v) is 2.38. The lowest BCUT2D eigenvalue weighted by Gasteiger charge is -2.09. The lowest BCUT2D eigenvalue weighted by Crippen LogP contribution is -1.99. The third kappa shape index (κ3) is 2.65. The molecule has 0 heterocycles. The largest absolute Gasteiger partial charge is 0.351 e. The van der Waals surface area contributed by atoms with Crippen LogP contribution in [0.5, 0.6) is 0 Å². The summed E-state index contributed by atoms with van der Waals surface area (Å²) in [5, 5.41) is 10.9. The van der Waals surface area contributed by atoms with Gasteiger partial charge < -0.3 is 5.32 Å². The summed E-state index contributed by atoms with van der Waals surface area (Å²) in [5.74, 6) is -4.44. The number of nitriles is 1. The van der Waals surface area contributed by atoms with Crippen LogP contribution in [0.25, 0.3) is 0 Å². The molecule has 6 heteroatoms. The molecule has 96 valence electrons. The first-order chi connectivity index (χ1) is 9.01. The van der Waals surface area contributed by atoms with Gasteiger partial charge in [0, 0.05) is 12.1 Å². The van der Waals surface area contributed by atoms with Crippen LogP contribution >= 0.6 is 0 Å². The van der Waals surface area contributed by atoms with E-state index in [4.69, 9.17) is 5.26 Å². The van der Waals surface area contributed by atoms with Gasteiger partial charge >= 0.3 is 0 Å². The van der Waals surface area contributed by atoms with Crippen molar-refractivity contribution in [3.8, 4) is 6.07 Å². The molecule has 2 rings (SSSR count). The second-order valence-corrected chi connectivity index (χ2v) is 3.68. The molecule has 0 spiro atoms. The van der Waals surface area contributed by atoms with Gasteiger partial charge in [0.2, 0.25) is 0 Å². The molecule has 0 fully saturated rings. The highest BCUT2D eigenvalue weighted by molar-refractivity contribution is 5.61. The summed E-state index contributed by atoms with van der Waals surface area (Å²) >= 11 is 0. The van der Waals surface area contributed by atoms with Crippen LogP contribution in [0.1, 0.15) is 5.56 Å². The van der Waals surface area contributed by atoms with E-state index in [2.05, 4.69) is 5.32 Å². The number of benzene rings is 2. The maximum absolute atomic E-state index is 13.5. The predicted molar refractivity (Wildman–Crippen MR) is 60.7 cm³/mol. The summed E-state index contributed by atoms with van der Waals surface area (Å²) in [5.41, 5.74) is -0.458. The summed E-state index contributed by atoms with van der Waals surface area (Å²) in [4.78, 5) is 0. The van der Waals surface area contributed by atoms with Crippen molar-refractivity contribution < 1.29 is 17.6 Å². The van der Waals surface area contributed by atoms with Crippen molar-refractivity contribution in [2.24, 2.45) is 0 Å². The maximum atomic E-state index is 13.5. The summed E-state index contributed by atoms with van der Waals surface area (Å²) in [6.45, 7) is 0. The Morgan fingerprint density at radius 1 is 0.789 bits per heavy atom. The van der Waals surface area contributed by atoms with Crippen molar-refractivity contribution in [2.45, 2.75) is 0 Å². The van der Waals surface area contributed by atoms with Gasteiger partial charge in [-0.15, -0.1) is 0 Å². The van der Waals surface area contributed by atoms with Crippen molar-refractivity contribution in [3.63, 3.8) is 0 Å². The summed E-state index contributed by atoms with van der Waals surface area (Å²) in [6.07, 6.45) is 0. The molecule has 0 amide bonds. The molecule has 2 aromatic rings. The fourth-order valence-electron chi connectivity index (χ4n) is 1.45. The molecule has 0 aromatic heterocycles. The molecule has 0 saturated carbocycles. The van der Waals surface area contributed by atoms with E-state index in [0.29, 0.717) is 12.1 Å². The Labute approximate surface area is 105 Å². The quantitative estimate of drug-likeness (QED) is 0.661. The second-order valence-electron chi connectivity index (χ2n) is 3.68. The van der Waals surface area contributed by atoms with Gasteiger partial charge in [-0.3, -0.25) is 0 Å². The number of anilines is 2. The van der Waals surface area contributed by atoms with Gasteiger partial charge in [0.15, 0.2) is 11.6 Å². The van der Waals surface area contributed by atoms with Gasteiger partial charge in [-0.25, -0.2) is 17.6 Å². The number of rotatable bonds is 2. The van der Waals surface area contributed by atoms with E-state index in [0.717, 1.165) is 6.07 Å². The van der Waals surface area contributed by atoms with E-state index >= 15 is 0 Å². The van der Waals surface area contributed by atoms with E-state index in [-0.39, 0.29) is 11.3 Å². The van der Waals surface area contributed by atoms with Gasteiger partial charge in [0.05, 0.1) is 23.0 Å². The fraction of sp³-hybridized carbons (Fsp3) is 0. The zero-order valence-electron chi connectivity index (χ0n) is 9.35. The normalized spacial score (nSPS) is 10.1. The standard InChI is InChI=1S/C13H6F4N2/c14-8-4-11(17)13(5-9(8)15)19-12-2-1-7(6-18)3-10(12)16/h1-5,19H. The van der Waals surface area contributed by atoms with Gasteiger partial charge in [-0.1, -0.05) is 0 Å². The SMILES string of the molecule is N#Cc1ccc(Nc2cc(F)c(F)cc2F)c(F)c1. The number of nitrogens with zero attached hydrogens (tertiary/aromatic N) is 1. The molecule has 0 bridgehead atoms. The first kappa shape index (κ1) is 12.9. The third-order valence-electron chi connectivity index (χ3n) is 2.38. The van der Waals surface area contributed by atoms with E-state index in [1.165, 1.54) is 12.1 Å². The summed E-state index contributed by atoms with van der Waals surface area (Å²) < 4.78 is 52.6. The van der Waals surface area contributed by atoms with E-state index in [9.17, 15) is 17.6 Å². The highest BCUT2D eigenvalue weighted by Crippen LogP contribution is 2.25. The minimum absolute atomic E-state index is 0.0915. The van der Waals surface area contributed by atoms with E-state index in [1.807, 2.05) is 0 Å². The van der Waals surface area contributed by atoms with Gasteiger partial charge in [0.1, 0.15) is 11.6 Å². The fourth-order valence-corrected chi connectivity index (χ4v) is 1.45. The average molecular weight is 266 g/mol. The van der Waals surface area contributed by atoms with Crippen LogP contribution in [0.15, 0.2) is 30.3 Å². The lowest BCUT2D eigenvalue weighted by atomic mass is 10.2. The van der Waals surface area contributed by atoms with E-state index < -0.39 is 29.0 Å². The number of hydrogen-bond acceptors (Lipinski definition) is 2. The number of halogens is 4. The van der Waals surface area contributed by atoms with Crippen molar-refractivity contribution >= 4 is 11.4 Å². The lowest BCUT2D eigenvalue weighted by molar-refractivity contribution is 0.496. The molecule has 0 radical (unpaired) electrons. The van der Waals surface area contributed by atoms with Crippen molar-refractivity contribution in [3.05, 3.63) is 59.2 Å². The molecule has 19 heavy (non-hydrogen) atoms. The highest BCUT2D eigenvalue weighted by atomic mass is 19.2. The van der Waals surface area contributed by atoms with Crippen LogP contribution in [0.2, 0.25) is 0 Å². The minimum Gasteiger partial charge on any atom is -0.351 e. The van der Waals surface area contributed by atoms with Crippen LogP contribution in [-0.2, 0) is 0 Å². The number of nitrogens with one attached hydrogen (secondary N) is 1. The van der Waals surface area contributed by atoms with Crippen LogP contribution in [-0.4, -0.2) is 0 Å². The molecule has 0 aliphatic carbocycles. The second kappa shape index (κ2) is 4.98. The average Bonchev–Trinajstić information content (AvgIpc) is 2.38. The van der Waals surface area contributed by atoms with Crippen LogP contribution in [0.4, 0.5) is 28.9 Å². The minimum atomic E-state index is -1.33. The molecule has 0 atom stereocenters. The van der Waals surface area contributed by atoms with Crippen molar-refractivity contribution in [2.75, 3.05) is 5.32 Å². The molecule has 0 unspecified atom stereocenters. The molecule has 0 aliphatic heterocycles. The van der Waals surface area contributed by atoms with E-state index in [1.54, 1.807) is 6.07 Å². The van der Waals surface area contributed by atoms with Crippen LogP contribution in [0.3, 0.4) is 0 Å². The maximum Gasteiger partial charge on any atom is 0.161 e. The van der Waals surface area contributed by atoms with Gasteiger partial charge in [-0.2, -0.15) is 5.26 Å². The molecule has 0 aliphatic rings. The molecular formula is C13H6F4N2. The zero-order valence-corrected chi connectivity index (χ0v) is 9.35. The smallest absolute Gasteiger partial charge is 0.161 e. The summed E-state index contributed by atoms with van der Waals surface area (Å²) in [7, 11) is 0. The Bertz CT molecular complexity index is 677. The molecule has 0 saturated heterocycles. The van der Waals surface area contributed by atoms with Crippen molar-refractivity contribution in [1.82, 2.24) is 0 Å². The Kier molecular flexibility index (Phi) is 3.38. The molecule has 1 N–H and O–H groups in total. The van der Waals surface area contributed by atoms with Gasteiger partial charge in [-0.05, 0) is 18.2 Å². The number of hydrogen-bond donors (Lipinski definition) is 1. The Hall–Kier alpha value is -2.55. The summed E-state index contributed by atoms with van der Waals surface area (Å²) in [6, 6.07) is 6.14. The highest BCUT2D eigenvalue weighted by Gasteiger charge is 2.11. The Morgan fingerprint density at radius 3 is 2.05 bits per heavy atom. The Balaban J connectivity index is 2.37. The van der Waals surface area contributed by atoms with Gasteiger partial charge in [0.25, 0.3) is 0 Å². The molecule has 2 nitrogen and oxygen atoms in total. The van der Waals surface area contributed by atoms with Crippen LogP contribution in [0, 0.1) is 34.6 Å². The zero-order chi connectivity index (χ0) is 14.0. The van der Waals surface area contributed by atoms with Crippen molar-refractivity contribution in [1.29, 1.82) is 5.26 Å². The Morgan fingerprint density at radius 2 is 1.42 bits per heavy atom. The monoisotopic (exact) mass is 266 g/mol. The topological polar surface area (TPSA) is 35.8 Å². The molecular weight excluding hydrogens is 260 g/mol. The first-order valence-electron chi connectivity index (χ1n) is 5.12. The predicted octanol–water partition coefficient (Wildman–Crippen LogP) is 3.86. The van der Waals surface area contributed by atoms with Crippen LogP contribution < -0.4 is 5.32 Å². The molecule has 2 aromatic carbocycles. The first-order valence-corrected chi connectivity index (χ1v) is 5.12.